The van der Waals surface area contributed by atoms with Crippen LogP contribution in [0.2, 0.25) is 0 Å². The molecule has 0 saturated heterocycles. The number of hydrogen-bond acceptors (Lipinski definition) is 5. The molecule has 0 saturated carbocycles. The van der Waals surface area contributed by atoms with E-state index >= 15 is 0 Å². The average Bonchev–Trinajstić information content (AvgIpc) is 2.80. The molecule has 31 heavy (non-hydrogen) atoms. The Morgan fingerprint density at radius 2 is 1.74 bits per heavy atom. The van der Waals surface area contributed by atoms with Crippen molar-refractivity contribution < 1.29 is 18.7 Å². The molecule has 0 bridgehead atoms. The molecule has 0 aliphatic heterocycles. The summed E-state index contributed by atoms with van der Waals surface area (Å²) in [5.41, 5.74) is 0.621. The first-order valence-electron chi connectivity index (χ1n) is 9.25. The van der Waals surface area contributed by atoms with E-state index in [1.807, 2.05) is 0 Å². The van der Waals surface area contributed by atoms with Crippen molar-refractivity contribution in [2.45, 2.75) is 0 Å². The van der Waals surface area contributed by atoms with E-state index in [0.717, 1.165) is 0 Å². The number of amides is 1. The zero-order valence-electron chi connectivity index (χ0n) is 16.3. The van der Waals surface area contributed by atoms with Crippen LogP contribution in [-0.2, 0) is 4.74 Å². The number of rotatable bonds is 4. The van der Waals surface area contributed by atoms with Crippen molar-refractivity contribution in [2.24, 2.45) is 0 Å². The number of benzene rings is 3. The largest absolute Gasteiger partial charge is 0.465 e. The first kappa shape index (κ1) is 20.0. The normalized spacial score (nSPS) is 10.6. The highest BCUT2D eigenvalue weighted by atomic mass is 19.1. The van der Waals surface area contributed by atoms with Crippen LogP contribution in [0.25, 0.3) is 16.6 Å². The minimum absolute atomic E-state index is 0.246. The fourth-order valence-corrected chi connectivity index (χ4v) is 3.14. The average molecular weight is 417 g/mol. The molecule has 1 amide bonds. The van der Waals surface area contributed by atoms with Crippen LogP contribution in [0, 0.1) is 5.82 Å². The number of esters is 1. The predicted octanol–water partition coefficient (Wildman–Crippen LogP) is 3.56. The van der Waals surface area contributed by atoms with Crippen LogP contribution in [0.1, 0.15) is 20.8 Å². The van der Waals surface area contributed by atoms with Crippen molar-refractivity contribution in [1.82, 2.24) is 9.78 Å². The van der Waals surface area contributed by atoms with Crippen LogP contribution < -0.4 is 10.7 Å². The van der Waals surface area contributed by atoms with E-state index in [0.29, 0.717) is 16.9 Å². The molecule has 4 rings (SSSR count). The standard InChI is InChI=1S/C23H16FN3O4/c1-31-23(30)14-5-4-6-16(13-14)25-22(29)20-21(28)18-7-2-3-8-19(18)27(26-20)17-11-9-15(24)10-12-17/h2-13H,1H3,(H,25,29). The maximum absolute atomic E-state index is 13.4. The highest BCUT2D eigenvalue weighted by Gasteiger charge is 2.19. The molecule has 8 heteroatoms. The topological polar surface area (TPSA) is 90.3 Å². The number of halogens is 1. The fraction of sp³-hybridized carbons (Fsp3) is 0.0435. The fourth-order valence-electron chi connectivity index (χ4n) is 3.14. The summed E-state index contributed by atoms with van der Waals surface area (Å²) >= 11 is 0. The second kappa shape index (κ2) is 8.19. The van der Waals surface area contributed by atoms with Crippen molar-refractivity contribution in [2.75, 3.05) is 12.4 Å². The number of nitrogens with one attached hydrogen (secondary N) is 1. The lowest BCUT2D eigenvalue weighted by atomic mass is 10.1. The Kier molecular flexibility index (Phi) is 5.28. The highest BCUT2D eigenvalue weighted by molar-refractivity contribution is 6.05. The summed E-state index contributed by atoms with van der Waals surface area (Å²) in [6.07, 6.45) is 0. The molecule has 7 nitrogen and oxygen atoms in total. The third-order valence-electron chi connectivity index (χ3n) is 4.62. The minimum atomic E-state index is -0.742. The van der Waals surface area contributed by atoms with E-state index in [1.54, 1.807) is 36.4 Å². The molecule has 0 radical (unpaired) electrons. The summed E-state index contributed by atoms with van der Waals surface area (Å²) in [5.74, 6) is -1.72. The highest BCUT2D eigenvalue weighted by Crippen LogP contribution is 2.17. The van der Waals surface area contributed by atoms with Gasteiger partial charge in [-0.3, -0.25) is 9.59 Å². The number of carbonyl (C=O) groups is 2. The lowest BCUT2D eigenvalue weighted by molar-refractivity contribution is 0.0600. The third-order valence-corrected chi connectivity index (χ3v) is 4.62. The first-order chi connectivity index (χ1) is 15.0. The molecular formula is C23H16FN3O4. The van der Waals surface area contributed by atoms with Gasteiger partial charge < -0.3 is 10.1 Å². The lowest BCUT2D eigenvalue weighted by Gasteiger charge is -2.12. The summed E-state index contributed by atoms with van der Waals surface area (Å²) < 4.78 is 19.5. The summed E-state index contributed by atoms with van der Waals surface area (Å²) in [7, 11) is 1.25. The van der Waals surface area contributed by atoms with E-state index in [-0.39, 0.29) is 16.6 Å². The Bertz CT molecular complexity index is 1360. The van der Waals surface area contributed by atoms with Gasteiger partial charge in [-0.2, -0.15) is 5.10 Å². The van der Waals surface area contributed by atoms with Gasteiger partial charge in [0.05, 0.1) is 29.3 Å². The van der Waals surface area contributed by atoms with Crippen molar-refractivity contribution in [3.63, 3.8) is 0 Å². The van der Waals surface area contributed by atoms with Crippen molar-refractivity contribution in [1.29, 1.82) is 0 Å². The molecule has 1 heterocycles. The monoisotopic (exact) mass is 417 g/mol. The number of hydrogen-bond donors (Lipinski definition) is 1. The van der Waals surface area contributed by atoms with Gasteiger partial charge in [-0.25, -0.2) is 13.9 Å². The van der Waals surface area contributed by atoms with Crippen LogP contribution in [0.15, 0.2) is 77.6 Å². The number of anilines is 1. The number of para-hydroxylation sites is 1. The quantitative estimate of drug-likeness (QED) is 0.513. The SMILES string of the molecule is COC(=O)c1cccc(NC(=O)c2nn(-c3ccc(F)cc3)c3ccccc3c2=O)c1. The molecular weight excluding hydrogens is 401 g/mol. The smallest absolute Gasteiger partial charge is 0.337 e. The predicted molar refractivity (Wildman–Crippen MR) is 113 cm³/mol. The van der Waals surface area contributed by atoms with Crippen molar-refractivity contribution in [3.05, 3.63) is 100 Å². The molecule has 3 aromatic carbocycles. The maximum Gasteiger partial charge on any atom is 0.337 e. The van der Waals surface area contributed by atoms with E-state index < -0.39 is 23.1 Å². The molecule has 154 valence electrons. The number of aromatic nitrogens is 2. The molecule has 0 aliphatic carbocycles. The van der Waals surface area contributed by atoms with Gasteiger partial charge in [0.15, 0.2) is 5.69 Å². The van der Waals surface area contributed by atoms with Crippen LogP contribution in [0.5, 0.6) is 0 Å². The molecule has 0 fully saturated rings. The number of fused-ring (bicyclic) bond motifs is 1. The zero-order chi connectivity index (χ0) is 22.0. The van der Waals surface area contributed by atoms with Crippen LogP contribution >= 0.6 is 0 Å². The van der Waals surface area contributed by atoms with Gasteiger partial charge in [-0.05, 0) is 54.6 Å². The lowest BCUT2D eigenvalue weighted by Crippen LogP contribution is -2.26. The second-order valence-corrected chi connectivity index (χ2v) is 6.61. The van der Waals surface area contributed by atoms with Gasteiger partial charge in [0, 0.05) is 5.69 Å². The van der Waals surface area contributed by atoms with Gasteiger partial charge >= 0.3 is 5.97 Å². The first-order valence-corrected chi connectivity index (χ1v) is 9.25. The van der Waals surface area contributed by atoms with Gasteiger partial charge in [-0.1, -0.05) is 18.2 Å². The summed E-state index contributed by atoms with van der Waals surface area (Å²) in [6, 6.07) is 18.4. The van der Waals surface area contributed by atoms with E-state index in [9.17, 15) is 18.8 Å². The van der Waals surface area contributed by atoms with E-state index in [4.69, 9.17) is 0 Å². The van der Waals surface area contributed by atoms with Gasteiger partial charge in [-0.15, -0.1) is 0 Å². The Hall–Kier alpha value is -4.33. The Balaban J connectivity index is 1.80. The molecule has 1 N–H and O–H groups in total. The van der Waals surface area contributed by atoms with Crippen LogP contribution in [0.4, 0.5) is 10.1 Å². The summed E-state index contributed by atoms with van der Waals surface area (Å²) in [5, 5.41) is 7.12. The Morgan fingerprint density at radius 1 is 1.00 bits per heavy atom. The Labute approximate surface area is 175 Å². The minimum Gasteiger partial charge on any atom is -0.465 e. The second-order valence-electron chi connectivity index (χ2n) is 6.61. The van der Waals surface area contributed by atoms with Gasteiger partial charge in [0.25, 0.3) is 5.91 Å². The van der Waals surface area contributed by atoms with E-state index in [1.165, 1.54) is 48.2 Å². The molecule has 4 aromatic rings. The summed E-state index contributed by atoms with van der Waals surface area (Å²) in [6.45, 7) is 0. The van der Waals surface area contributed by atoms with Crippen LogP contribution in [0.3, 0.4) is 0 Å². The number of methoxy groups -OCH3 is 1. The Morgan fingerprint density at radius 3 is 2.48 bits per heavy atom. The summed E-state index contributed by atoms with van der Waals surface area (Å²) in [4.78, 5) is 37.6. The molecule has 1 aromatic heterocycles. The third kappa shape index (κ3) is 3.91. The molecule has 0 atom stereocenters. The number of carbonyl (C=O) groups excluding carboxylic acids is 2. The number of ether oxygens (including phenoxy) is 1. The van der Waals surface area contributed by atoms with Crippen molar-refractivity contribution >= 4 is 28.5 Å². The van der Waals surface area contributed by atoms with Crippen molar-refractivity contribution in [3.8, 4) is 5.69 Å². The van der Waals surface area contributed by atoms with Gasteiger partial charge in [0.2, 0.25) is 5.43 Å². The van der Waals surface area contributed by atoms with Crippen LogP contribution in [-0.4, -0.2) is 28.8 Å². The maximum atomic E-state index is 13.4. The number of nitrogens with zero attached hydrogens (tertiary/aromatic N) is 2. The zero-order valence-corrected chi connectivity index (χ0v) is 16.3. The molecule has 0 spiro atoms. The van der Waals surface area contributed by atoms with Gasteiger partial charge in [0.1, 0.15) is 5.82 Å². The molecule has 0 unspecified atom stereocenters. The van der Waals surface area contributed by atoms with E-state index in [2.05, 4.69) is 15.2 Å². The molecule has 0 aliphatic rings.